The molecule has 1 atom stereocenters. The number of carbonyl (C=O) groups excluding carboxylic acids is 2. The molecule has 154 valence electrons. The molecule has 1 aliphatic rings. The van der Waals surface area contributed by atoms with Gasteiger partial charge in [0, 0.05) is 34.3 Å². The van der Waals surface area contributed by atoms with Gasteiger partial charge in [-0.05, 0) is 42.5 Å². The highest BCUT2D eigenvalue weighted by atomic mass is 35.5. The summed E-state index contributed by atoms with van der Waals surface area (Å²) in [6, 6.07) is 10.9. The highest BCUT2D eigenvalue weighted by Gasteiger charge is 2.26. The van der Waals surface area contributed by atoms with Crippen LogP contribution in [-0.2, 0) is 16.1 Å². The lowest BCUT2D eigenvalue weighted by atomic mass is 10.2. The van der Waals surface area contributed by atoms with Crippen molar-refractivity contribution >= 4 is 35.2 Å². The molecule has 7 nitrogen and oxygen atoms in total. The van der Waals surface area contributed by atoms with Gasteiger partial charge in [-0.1, -0.05) is 23.2 Å². The molecule has 9 heteroatoms. The first-order valence-corrected chi connectivity index (χ1v) is 9.72. The van der Waals surface area contributed by atoms with Gasteiger partial charge in [-0.2, -0.15) is 0 Å². The van der Waals surface area contributed by atoms with Crippen molar-refractivity contribution in [2.45, 2.75) is 12.7 Å². The molecule has 1 fully saturated rings. The number of ether oxygens (including phenoxy) is 2. The molecule has 1 aliphatic heterocycles. The fourth-order valence-electron chi connectivity index (χ4n) is 2.81. The van der Waals surface area contributed by atoms with E-state index in [1.807, 2.05) is 0 Å². The van der Waals surface area contributed by atoms with Crippen LogP contribution in [0.1, 0.15) is 15.9 Å². The summed E-state index contributed by atoms with van der Waals surface area (Å²) in [5.41, 5.74) is 1.05. The first kappa shape index (κ1) is 21.2. The van der Waals surface area contributed by atoms with Crippen molar-refractivity contribution in [1.82, 2.24) is 10.2 Å². The van der Waals surface area contributed by atoms with E-state index in [0.717, 1.165) is 0 Å². The molecule has 1 unspecified atom stereocenters. The van der Waals surface area contributed by atoms with Gasteiger partial charge in [-0.15, -0.1) is 0 Å². The first-order chi connectivity index (χ1) is 13.9. The lowest BCUT2D eigenvalue weighted by Crippen LogP contribution is -2.49. The van der Waals surface area contributed by atoms with Crippen molar-refractivity contribution in [3.63, 3.8) is 0 Å². The second kappa shape index (κ2) is 9.82. The van der Waals surface area contributed by atoms with Crippen LogP contribution in [0.25, 0.3) is 0 Å². The van der Waals surface area contributed by atoms with E-state index in [0.29, 0.717) is 34.3 Å². The highest BCUT2D eigenvalue weighted by Crippen LogP contribution is 2.21. The SMILES string of the molecule is O=C(NCC1CN(C(=O)OCc2cc(Cl)ccc2Cl)CCO1)c1ccc(O)cc1. The lowest BCUT2D eigenvalue weighted by molar-refractivity contribution is -0.0263. The van der Waals surface area contributed by atoms with Gasteiger partial charge in [0.15, 0.2) is 0 Å². The number of phenols is 1. The number of carbonyl (C=O) groups is 2. The van der Waals surface area contributed by atoms with Gasteiger partial charge >= 0.3 is 6.09 Å². The summed E-state index contributed by atoms with van der Waals surface area (Å²) in [6.07, 6.45) is -0.841. The van der Waals surface area contributed by atoms with Crippen LogP contribution in [-0.4, -0.2) is 54.4 Å². The van der Waals surface area contributed by atoms with Crippen molar-refractivity contribution in [1.29, 1.82) is 0 Å². The molecule has 0 saturated carbocycles. The number of amides is 2. The van der Waals surface area contributed by atoms with Crippen molar-refractivity contribution in [2.75, 3.05) is 26.2 Å². The molecular weight excluding hydrogens is 419 g/mol. The quantitative estimate of drug-likeness (QED) is 0.745. The van der Waals surface area contributed by atoms with E-state index in [2.05, 4.69) is 5.32 Å². The minimum absolute atomic E-state index is 0.0117. The number of hydrogen-bond donors (Lipinski definition) is 2. The Balaban J connectivity index is 1.48. The number of nitrogens with one attached hydrogen (secondary N) is 1. The van der Waals surface area contributed by atoms with Crippen LogP contribution in [0.15, 0.2) is 42.5 Å². The summed E-state index contributed by atoms with van der Waals surface area (Å²) >= 11 is 12.0. The van der Waals surface area contributed by atoms with Crippen molar-refractivity contribution < 1.29 is 24.2 Å². The smallest absolute Gasteiger partial charge is 0.410 e. The summed E-state index contributed by atoms with van der Waals surface area (Å²) in [5.74, 6) is -0.200. The van der Waals surface area contributed by atoms with Gasteiger partial charge in [-0.25, -0.2) is 4.79 Å². The van der Waals surface area contributed by atoms with E-state index >= 15 is 0 Å². The van der Waals surface area contributed by atoms with Crippen LogP contribution in [0, 0.1) is 0 Å². The number of morpholine rings is 1. The van der Waals surface area contributed by atoms with E-state index in [4.69, 9.17) is 32.7 Å². The largest absolute Gasteiger partial charge is 0.508 e. The molecule has 2 aromatic carbocycles. The number of phenolic OH excluding ortho intramolecular Hbond substituents is 1. The van der Waals surface area contributed by atoms with Gasteiger partial charge in [-0.3, -0.25) is 4.79 Å². The average molecular weight is 439 g/mol. The van der Waals surface area contributed by atoms with Gasteiger partial charge in [0.05, 0.1) is 19.3 Å². The Morgan fingerprint density at radius 1 is 1.21 bits per heavy atom. The van der Waals surface area contributed by atoms with Crippen molar-refractivity contribution in [3.8, 4) is 5.75 Å². The molecule has 0 aliphatic carbocycles. The molecule has 1 saturated heterocycles. The molecule has 29 heavy (non-hydrogen) atoms. The molecule has 0 radical (unpaired) electrons. The Labute approximate surface area is 178 Å². The topological polar surface area (TPSA) is 88.1 Å². The van der Waals surface area contributed by atoms with Gasteiger partial charge in [0.2, 0.25) is 0 Å². The van der Waals surface area contributed by atoms with Gasteiger partial charge < -0.3 is 24.8 Å². The van der Waals surface area contributed by atoms with E-state index in [-0.39, 0.29) is 37.5 Å². The zero-order chi connectivity index (χ0) is 20.8. The Kier molecular flexibility index (Phi) is 7.19. The predicted octanol–water partition coefficient (Wildman–Crippen LogP) is 3.47. The average Bonchev–Trinajstić information content (AvgIpc) is 2.73. The van der Waals surface area contributed by atoms with Crippen LogP contribution in [0.5, 0.6) is 5.75 Å². The second-order valence-corrected chi connectivity index (χ2v) is 7.33. The fourth-order valence-corrected chi connectivity index (χ4v) is 3.18. The highest BCUT2D eigenvalue weighted by molar-refractivity contribution is 6.33. The van der Waals surface area contributed by atoms with Crippen molar-refractivity contribution in [3.05, 3.63) is 63.6 Å². The number of nitrogens with zero attached hydrogens (tertiary/aromatic N) is 1. The van der Waals surface area contributed by atoms with E-state index < -0.39 is 6.09 Å². The third kappa shape index (κ3) is 6.00. The van der Waals surface area contributed by atoms with Gasteiger partial charge in [0.25, 0.3) is 5.91 Å². The zero-order valence-corrected chi connectivity index (χ0v) is 16.9. The molecule has 3 rings (SSSR count). The maximum absolute atomic E-state index is 12.4. The van der Waals surface area contributed by atoms with E-state index in [9.17, 15) is 14.7 Å². The first-order valence-electron chi connectivity index (χ1n) is 8.97. The molecule has 2 amide bonds. The monoisotopic (exact) mass is 438 g/mol. The number of aromatic hydroxyl groups is 1. The molecule has 0 spiro atoms. The molecule has 0 aromatic heterocycles. The summed E-state index contributed by atoms with van der Waals surface area (Å²) in [6.45, 7) is 1.27. The maximum Gasteiger partial charge on any atom is 0.410 e. The number of rotatable bonds is 5. The Morgan fingerprint density at radius 2 is 1.97 bits per heavy atom. The van der Waals surface area contributed by atoms with E-state index in [1.54, 1.807) is 18.2 Å². The molecule has 1 heterocycles. The second-order valence-electron chi connectivity index (χ2n) is 6.49. The van der Waals surface area contributed by atoms with Crippen LogP contribution < -0.4 is 5.32 Å². The minimum atomic E-state index is -0.487. The van der Waals surface area contributed by atoms with Crippen LogP contribution >= 0.6 is 23.2 Å². The van der Waals surface area contributed by atoms with Crippen LogP contribution in [0.4, 0.5) is 4.79 Å². The van der Waals surface area contributed by atoms with Crippen LogP contribution in [0.3, 0.4) is 0 Å². The number of halogens is 2. The molecule has 0 bridgehead atoms. The maximum atomic E-state index is 12.4. The van der Waals surface area contributed by atoms with Crippen LogP contribution in [0.2, 0.25) is 10.0 Å². The van der Waals surface area contributed by atoms with Gasteiger partial charge in [0.1, 0.15) is 12.4 Å². The summed E-state index contributed by atoms with van der Waals surface area (Å²) in [7, 11) is 0. The summed E-state index contributed by atoms with van der Waals surface area (Å²) < 4.78 is 11.0. The minimum Gasteiger partial charge on any atom is -0.508 e. The zero-order valence-electron chi connectivity index (χ0n) is 15.4. The van der Waals surface area contributed by atoms with Crippen molar-refractivity contribution in [2.24, 2.45) is 0 Å². The number of hydrogen-bond acceptors (Lipinski definition) is 5. The van der Waals surface area contributed by atoms with E-state index in [1.165, 1.54) is 29.2 Å². The predicted molar refractivity (Wildman–Crippen MR) is 108 cm³/mol. The molecule has 2 aromatic rings. The fraction of sp³-hybridized carbons (Fsp3) is 0.300. The lowest BCUT2D eigenvalue weighted by Gasteiger charge is -2.32. The Bertz CT molecular complexity index is 876. The summed E-state index contributed by atoms with van der Waals surface area (Å²) in [5, 5.41) is 13.0. The molecule has 2 N–H and O–H groups in total. The third-order valence-corrected chi connectivity index (χ3v) is 4.98. The number of benzene rings is 2. The normalized spacial score (nSPS) is 16.3. The Morgan fingerprint density at radius 3 is 2.72 bits per heavy atom. The standard InChI is InChI=1S/C20H20Cl2N2O5/c21-15-3-6-18(22)14(9-15)12-29-20(27)24-7-8-28-17(11-24)10-23-19(26)13-1-4-16(25)5-2-13/h1-6,9,17,25H,7-8,10-12H2,(H,23,26). The molecular formula is C20H20Cl2N2O5. The Hall–Kier alpha value is -2.48. The summed E-state index contributed by atoms with van der Waals surface area (Å²) in [4.78, 5) is 26.0. The third-order valence-electron chi connectivity index (χ3n) is 4.38.